The number of fused-ring (bicyclic) bond motifs is 11. The molecule has 7 aromatic carbocycles. The van der Waals surface area contributed by atoms with Gasteiger partial charge in [0, 0.05) is 48.3 Å². The number of hydrogen-bond donors (Lipinski definition) is 0. The number of nitrogens with zero attached hydrogens (tertiary/aromatic N) is 3. The molecule has 0 radical (unpaired) electrons. The molecule has 52 heavy (non-hydrogen) atoms. The average Bonchev–Trinajstić information content (AvgIpc) is 3.78. The number of rotatable bonds is 4. The fraction of sp³-hybridized carbons (Fsp3) is 0. The average molecular weight is 680 g/mol. The number of benzene rings is 7. The third-order valence-corrected chi connectivity index (χ3v) is 11.5. The van der Waals surface area contributed by atoms with Crippen LogP contribution in [0.4, 0.5) is 0 Å². The van der Waals surface area contributed by atoms with Gasteiger partial charge >= 0.3 is 0 Å². The molecule has 0 bridgehead atoms. The summed E-state index contributed by atoms with van der Waals surface area (Å²) in [6.45, 7) is 0. The first-order chi connectivity index (χ1) is 25.8. The van der Waals surface area contributed by atoms with Crippen LogP contribution in [-0.4, -0.2) is 14.4 Å². The number of para-hydroxylation sites is 2. The van der Waals surface area contributed by atoms with Gasteiger partial charge in [-0.3, -0.25) is 4.40 Å². The van der Waals surface area contributed by atoms with Crippen LogP contribution in [0.1, 0.15) is 0 Å². The Labute approximate surface area is 303 Å². The molecule has 4 heteroatoms. The molecular weight excluding hydrogens is 651 g/mol. The van der Waals surface area contributed by atoms with E-state index < -0.39 is 0 Å². The normalized spacial score (nSPS) is 11.8. The Bertz CT molecular complexity index is 3160. The van der Waals surface area contributed by atoms with Gasteiger partial charge in [0.1, 0.15) is 4.83 Å². The molecule has 0 aliphatic rings. The lowest BCUT2D eigenvalue weighted by Crippen LogP contribution is -1.95. The Balaban J connectivity index is 1.14. The number of pyridine rings is 1. The molecule has 0 unspecified atom stereocenters. The summed E-state index contributed by atoms with van der Waals surface area (Å²) in [4.78, 5) is 11.4. The molecule has 0 spiro atoms. The van der Waals surface area contributed by atoms with Crippen LogP contribution < -0.4 is 0 Å². The van der Waals surface area contributed by atoms with Crippen molar-refractivity contribution in [2.24, 2.45) is 0 Å². The van der Waals surface area contributed by atoms with Crippen molar-refractivity contribution in [1.82, 2.24) is 14.4 Å². The highest BCUT2D eigenvalue weighted by atomic mass is 32.1. The zero-order valence-electron chi connectivity index (χ0n) is 28.0. The molecule has 3 nitrogen and oxygen atoms in total. The first-order valence-corrected chi connectivity index (χ1v) is 18.4. The lowest BCUT2D eigenvalue weighted by Gasteiger charge is -2.12. The van der Waals surface area contributed by atoms with Gasteiger partial charge in [-0.05, 0) is 46.3 Å². The van der Waals surface area contributed by atoms with Crippen molar-refractivity contribution in [3.8, 4) is 44.9 Å². The van der Waals surface area contributed by atoms with Gasteiger partial charge in [0.05, 0.1) is 22.2 Å². The van der Waals surface area contributed by atoms with Gasteiger partial charge in [-0.25, -0.2) is 9.97 Å². The van der Waals surface area contributed by atoms with E-state index in [1.54, 1.807) is 0 Å². The minimum Gasteiger partial charge on any atom is -0.299 e. The van der Waals surface area contributed by atoms with E-state index in [4.69, 9.17) is 9.97 Å². The number of thiophene rings is 1. The molecule has 11 aromatic rings. The Hall–Kier alpha value is -6.62. The van der Waals surface area contributed by atoms with Gasteiger partial charge in [0.2, 0.25) is 0 Å². The first-order valence-electron chi connectivity index (χ1n) is 17.6. The summed E-state index contributed by atoms with van der Waals surface area (Å²) in [6, 6.07) is 62.9. The van der Waals surface area contributed by atoms with Gasteiger partial charge in [0.25, 0.3) is 0 Å². The van der Waals surface area contributed by atoms with Crippen molar-refractivity contribution in [2.75, 3.05) is 0 Å². The molecule has 0 aliphatic heterocycles. The van der Waals surface area contributed by atoms with Crippen LogP contribution in [0.2, 0.25) is 0 Å². The largest absolute Gasteiger partial charge is 0.299 e. The summed E-state index contributed by atoms with van der Waals surface area (Å²) in [5.74, 6) is 0.725. The minimum atomic E-state index is 0.725. The third-order valence-electron chi connectivity index (χ3n) is 10.4. The second-order valence-corrected chi connectivity index (χ2v) is 14.4. The Morgan fingerprint density at radius 1 is 0.423 bits per heavy atom. The SMILES string of the molecule is c1ccc(-c2nc(-c3ccc(-c4ccc5c(c4)c4c(-c6ccccc6)c6ccccc6n4c4sc6ccccc6c54)cc3)nc3ccccc23)cc1. The predicted molar refractivity (Wildman–Crippen MR) is 220 cm³/mol. The molecule has 0 aliphatic carbocycles. The van der Waals surface area contributed by atoms with E-state index in [1.807, 2.05) is 23.5 Å². The topological polar surface area (TPSA) is 30.2 Å². The molecule has 0 atom stereocenters. The Morgan fingerprint density at radius 2 is 1.06 bits per heavy atom. The smallest absolute Gasteiger partial charge is 0.160 e. The Kier molecular flexibility index (Phi) is 6.42. The predicted octanol–water partition coefficient (Wildman–Crippen LogP) is 13.2. The monoisotopic (exact) mass is 679 g/mol. The van der Waals surface area contributed by atoms with Crippen molar-refractivity contribution in [2.45, 2.75) is 0 Å². The zero-order chi connectivity index (χ0) is 34.2. The fourth-order valence-corrected chi connectivity index (χ4v) is 9.26. The molecule has 4 aromatic heterocycles. The van der Waals surface area contributed by atoms with Crippen LogP contribution in [-0.2, 0) is 0 Å². The maximum Gasteiger partial charge on any atom is 0.160 e. The molecule has 0 fully saturated rings. The van der Waals surface area contributed by atoms with Gasteiger partial charge in [-0.15, -0.1) is 11.3 Å². The van der Waals surface area contributed by atoms with E-state index in [9.17, 15) is 0 Å². The maximum absolute atomic E-state index is 5.11. The fourth-order valence-electron chi connectivity index (χ4n) is 8.02. The van der Waals surface area contributed by atoms with E-state index >= 15 is 0 Å². The minimum absolute atomic E-state index is 0.725. The second-order valence-electron chi connectivity index (χ2n) is 13.3. The van der Waals surface area contributed by atoms with Crippen LogP contribution in [0.3, 0.4) is 0 Å². The van der Waals surface area contributed by atoms with E-state index in [0.29, 0.717) is 0 Å². The molecule has 0 amide bonds. The highest BCUT2D eigenvalue weighted by molar-refractivity contribution is 7.25. The van der Waals surface area contributed by atoms with Gasteiger partial charge in [0.15, 0.2) is 5.82 Å². The van der Waals surface area contributed by atoms with Crippen LogP contribution in [0.25, 0.3) is 103 Å². The highest BCUT2D eigenvalue weighted by Crippen LogP contribution is 2.47. The van der Waals surface area contributed by atoms with Crippen molar-refractivity contribution in [3.63, 3.8) is 0 Å². The summed E-state index contributed by atoms with van der Waals surface area (Å²) in [6.07, 6.45) is 0. The molecule has 0 saturated heterocycles. The van der Waals surface area contributed by atoms with Gasteiger partial charge in [-0.2, -0.15) is 0 Å². The van der Waals surface area contributed by atoms with Gasteiger partial charge < -0.3 is 0 Å². The van der Waals surface area contributed by atoms with Crippen LogP contribution in [0, 0.1) is 0 Å². The van der Waals surface area contributed by atoms with Crippen LogP contribution >= 0.6 is 11.3 Å². The highest BCUT2D eigenvalue weighted by Gasteiger charge is 2.22. The molecule has 11 rings (SSSR count). The zero-order valence-corrected chi connectivity index (χ0v) is 28.8. The summed E-state index contributed by atoms with van der Waals surface area (Å²) in [7, 11) is 0. The second kappa shape index (κ2) is 11.5. The number of aromatic nitrogens is 3. The van der Waals surface area contributed by atoms with E-state index in [0.717, 1.165) is 39.1 Å². The van der Waals surface area contributed by atoms with Crippen molar-refractivity contribution < 1.29 is 0 Å². The summed E-state index contributed by atoms with van der Waals surface area (Å²) < 4.78 is 3.82. The van der Waals surface area contributed by atoms with Crippen molar-refractivity contribution >= 4 is 69.7 Å². The summed E-state index contributed by atoms with van der Waals surface area (Å²) in [5, 5.41) is 7.46. The van der Waals surface area contributed by atoms with E-state index in [2.05, 4.69) is 168 Å². The third kappa shape index (κ3) is 4.38. The molecule has 0 N–H and O–H groups in total. The van der Waals surface area contributed by atoms with E-state index in [1.165, 1.54) is 64.2 Å². The van der Waals surface area contributed by atoms with Crippen molar-refractivity contribution in [3.05, 3.63) is 176 Å². The molecule has 4 heterocycles. The van der Waals surface area contributed by atoms with E-state index in [-0.39, 0.29) is 0 Å². The summed E-state index contributed by atoms with van der Waals surface area (Å²) in [5.41, 5.74) is 11.3. The maximum atomic E-state index is 5.11. The molecule has 242 valence electrons. The first kappa shape index (κ1) is 29.1. The summed E-state index contributed by atoms with van der Waals surface area (Å²) >= 11 is 1.88. The standard InChI is InChI=1S/C48H29N3S/c1-3-13-31(14-4-1)43-37-18-8-11-21-41(37)51-46(43)39-29-34(27-28-35(39)44-38-19-9-12-22-42(38)52-48(44)51)30-23-25-33(26-24-30)47-49-40-20-10-7-17-36(40)45(50-47)32-15-5-2-6-16-32/h1-29H. The van der Waals surface area contributed by atoms with Crippen LogP contribution in [0.15, 0.2) is 176 Å². The van der Waals surface area contributed by atoms with Crippen LogP contribution in [0.5, 0.6) is 0 Å². The van der Waals surface area contributed by atoms with Gasteiger partial charge in [-0.1, -0.05) is 152 Å². The lowest BCUT2D eigenvalue weighted by atomic mass is 9.95. The van der Waals surface area contributed by atoms with Crippen molar-refractivity contribution in [1.29, 1.82) is 0 Å². The Morgan fingerprint density at radius 3 is 1.87 bits per heavy atom. The quantitative estimate of drug-likeness (QED) is 0.185. The molecular formula is C48H29N3S. The lowest BCUT2D eigenvalue weighted by molar-refractivity contribution is 1.23. The molecule has 0 saturated carbocycles. The number of hydrogen-bond acceptors (Lipinski definition) is 3.